The van der Waals surface area contributed by atoms with Gasteiger partial charge in [0.1, 0.15) is 11.5 Å². The lowest BCUT2D eigenvalue weighted by Crippen LogP contribution is -2.34. The molecule has 2 heterocycles. The third-order valence-corrected chi connectivity index (χ3v) is 4.92. The van der Waals surface area contributed by atoms with Gasteiger partial charge in [-0.3, -0.25) is 14.5 Å². The largest absolute Gasteiger partial charge is 0.478 e. The van der Waals surface area contributed by atoms with Crippen molar-refractivity contribution in [1.29, 1.82) is 0 Å². The van der Waals surface area contributed by atoms with Crippen LogP contribution in [0.25, 0.3) is 17.4 Å². The highest BCUT2D eigenvalue weighted by Crippen LogP contribution is 2.34. The number of hydrogen-bond donors (Lipinski definition) is 1. The fraction of sp³-hybridized carbons (Fsp3) is 0.167. The molecular formula is C18H14ClNO5S. The predicted octanol–water partition coefficient (Wildman–Crippen LogP) is 4.74. The molecule has 26 heavy (non-hydrogen) atoms. The molecule has 1 aromatic heterocycles. The molecule has 1 aromatic carbocycles. The summed E-state index contributed by atoms with van der Waals surface area (Å²) in [5.41, 5.74) is 0.611. The number of furan rings is 1. The molecule has 1 fully saturated rings. The average molecular weight is 392 g/mol. The van der Waals surface area contributed by atoms with Gasteiger partial charge in [0.25, 0.3) is 11.1 Å². The molecule has 0 unspecified atom stereocenters. The van der Waals surface area contributed by atoms with Crippen LogP contribution in [0.5, 0.6) is 0 Å². The minimum absolute atomic E-state index is 0.00422. The molecule has 2 amide bonds. The molecule has 0 radical (unpaired) electrons. The number of nitrogens with zero attached hydrogens (tertiary/aromatic N) is 1. The zero-order valence-corrected chi connectivity index (χ0v) is 15.4. The van der Waals surface area contributed by atoms with Crippen molar-refractivity contribution in [2.45, 2.75) is 19.9 Å². The Morgan fingerprint density at radius 3 is 2.58 bits per heavy atom. The maximum absolute atomic E-state index is 12.3. The highest BCUT2D eigenvalue weighted by atomic mass is 35.5. The van der Waals surface area contributed by atoms with Crippen LogP contribution in [0.4, 0.5) is 4.79 Å². The molecule has 1 aliphatic rings. The summed E-state index contributed by atoms with van der Waals surface area (Å²) in [6.07, 6.45) is 1.52. The molecule has 134 valence electrons. The maximum Gasteiger partial charge on any atom is 0.337 e. The molecule has 0 bridgehead atoms. The summed E-state index contributed by atoms with van der Waals surface area (Å²) in [7, 11) is 0. The SMILES string of the molecule is CC(C)N1C(=O)S/C(=C/c2ccc(-c3ccc(C(=O)O)c(Cl)c3)o2)C1=O. The van der Waals surface area contributed by atoms with E-state index in [0.717, 1.165) is 11.8 Å². The molecule has 6 nitrogen and oxygen atoms in total. The van der Waals surface area contributed by atoms with Crippen molar-refractivity contribution in [1.82, 2.24) is 4.90 Å². The Bertz CT molecular complexity index is 947. The molecule has 0 aliphatic carbocycles. The lowest BCUT2D eigenvalue weighted by Gasteiger charge is -2.16. The fourth-order valence-electron chi connectivity index (χ4n) is 2.48. The van der Waals surface area contributed by atoms with E-state index < -0.39 is 5.97 Å². The van der Waals surface area contributed by atoms with Gasteiger partial charge in [0.05, 0.1) is 15.5 Å². The van der Waals surface area contributed by atoms with Gasteiger partial charge in [-0.05, 0) is 49.9 Å². The number of aromatic carboxylic acids is 1. The van der Waals surface area contributed by atoms with Gasteiger partial charge in [0.15, 0.2) is 0 Å². The summed E-state index contributed by atoms with van der Waals surface area (Å²) in [6, 6.07) is 7.62. The van der Waals surface area contributed by atoms with E-state index in [1.54, 1.807) is 32.0 Å². The van der Waals surface area contributed by atoms with Gasteiger partial charge in [0, 0.05) is 17.7 Å². The summed E-state index contributed by atoms with van der Waals surface area (Å²) < 4.78 is 5.69. The first-order chi connectivity index (χ1) is 12.3. The zero-order chi connectivity index (χ0) is 19.0. The van der Waals surface area contributed by atoms with E-state index in [1.165, 1.54) is 23.1 Å². The van der Waals surface area contributed by atoms with Gasteiger partial charge in [0.2, 0.25) is 0 Å². The molecule has 1 N–H and O–H groups in total. The van der Waals surface area contributed by atoms with Crippen molar-refractivity contribution >= 4 is 46.6 Å². The molecule has 0 saturated carbocycles. The van der Waals surface area contributed by atoms with Crippen molar-refractivity contribution < 1.29 is 23.9 Å². The van der Waals surface area contributed by atoms with Gasteiger partial charge in [-0.2, -0.15) is 0 Å². The van der Waals surface area contributed by atoms with Crippen molar-refractivity contribution in [3.05, 3.63) is 51.6 Å². The number of carboxylic acid groups (broad SMARTS) is 1. The lowest BCUT2D eigenvalue weighted by molar-refractivity contribution is -0.123. The van der Waals surface area contributed by atoms with Crippen LogP contribution in [0.15, 0.2) is 39.7 Å². The Labute approximate surface area is 158 Å². The topological polar surface area (TPSA) is 87.8 Å². The Morgan fingerprint density at radius 1 is 1.27 bits per heavy atom. The fourth-order valence-corrected chi connectivity index (χ4v) is 3.68. The number of amides is 2. The van der Waals surface area contributed by atoms with Crippen LogP contribution in [0.2, 0.25) is 5.02 Å². The number of hydrogen-bond acceptors (Lipinski definition) is 5. The van der Waals surface area contributed by atoms with Crippen molar-refractivity contribution in [3.63, 3.8) is 0 Å². The average Bonchev–Trinajstić information content (AvgIpc) is 3.12. The van der Waals surface area contributed by atoms with Gasteiger partial charge in [-0.1, -0.05) is 17.7 Å². The molecular weight excluding hydrogens is 378 g/mol. The Balaban J connectivity index is 1.87. The maximum atomic E-state index is 12.3. The summed E-state index contributed by atoms with van der Waals surface area (Å²) in [5, 5.41) is 8.81. The number of carbonyl (C=O) groups is 3. The van der Waals surface area contributed by atoms with Crippen molar-refractivity contribution in [2.24, 2.45) is 0 Å². The van der Waals surface area contributed by atoms with Gasteiger partial charge < -0.3 is 9.52 Å². The lowest BCUT2D eigenvalue weighted by atomic mass is 10.1. The second-order valence-corrected chi connectivity index (χ2v) is 7.25. The van der Waals surface area contributed by atoms with E-state index in [0.29, 0.717) is 22.0 Å². The first-order valence-corrected chi connectivity index (χ1v) is 8.87. The monoisotopic (exact) mass is 391 g/mol. The number of imide groups is 1. The van der Waals surface area contributed by atoms with Crippen LogP contribution in [0.3, 0.4) is 0 Å². The minimum Gasteiger partial charge on any atom is -0.478 e. The third-order valence-electron chi connectivity index (χ3n) is 3.72. The Hall–Kier alpha value is -2.51. The van der Waals surface area contributed by atoms with E-state index in [4.69, 9.17) is 21.1 Å². The molecule has 1 saturated heterocycles. The van der Waals surface area contributed by atoms with Gasteiger partial charge in [-0.15, -0.1) is 0 Å². The summed E-state index contributed by atoms with van der Waals surface area (Å²) in [5.74, 6) is -0.574. The standard InChI is InChI=1S/C18H14ClNO5S/c1-9(2)20-16(21)15(26-18(20)24)8-11-4-6-14(25-11)10-3-5-12(17(22)23)13(19)7-10/h3-9H,1-2H3,(H,22,23)/b15-8+. The van der Waals surface area contributed by atoms with E-state index in [9.17, 15) is 14.4 Å². The van der Waals surface area contributed by atoms with Crippen LogP contribution in [0.1, 0.15) is 30.0 Å². The zero-order valence-electron chi connectivity index (χ0n) is 13.9. The highest BCUT2D eigenvalue weighted by Gasteiger charge is 2.36. The molecule has 2 aromatic rings. The predicted molar refractivity (Wildman–Crippen MR) is 99.1 cm³/mol. The normalized spacial score (nSPS) is 16.2. The van der Waals surface area contributed by atoms with E-state index in [-0.39, 0.29) is 27.8 Å². The quantitative estimate of drug-likeness (QED) is 0.757. The number of benzene rings is 1. The smallest absolute Gasteiger partial charge is 0.337 e. The second kappa shape index (κ2) is 7.01. The Kier molecular flexibility index (Phi) is 4.93. The van der Waals surface area contributed by atoms with E-state index >= 15 is 0 Å². The summed E-state index contributed by atoms with van der Waals surface area (Å²) in [4.78, 5) is 36.7. The Morgan fingerprint density at radius 2 is 2.00 bits per heavy atom. The first kappa shape index (κ1) is 18.3. The first-order valence-electron chi connectivity index (χ1n) is 7.68. The van der Waals surface area contributed by atoms with Gasteiger partial charge in [-0.25, -0.2) is 4.79 Å². The van der Waals surface area contributed by atoms with Gasteiger partial charge >= 0.3 is 5.97 Å². The minimum atomic E-state index is -1.11. The highest BCUT2D eigenvalue weighted by molar-refractivity contribution is 8.18. The molecule has 8 heteroatoms. The molecule has 0 spiro atoms. The van der Waals surface area contributed by atoms with E-state index in [1.807, 2.05) is 0 Å². The number of rotatable bonds is 4. The molecule has 1 aliphatic heterocycles. The number of halogens is 1. The summed E-state index contributed by atoms with van der Waals surface area (Å²) in [6.45, 7) is 3.55. The third kappa shape index (κ3) is 3.40. The summed E-state index contributed by atoms with van der Waals surface area (Å²) >= 11 is 6.84. The van der Waals surface area contributed by atoms with Crippen LogP contribution in [-0.2, 0) is 4.79 Å². The van der Waals surface area contributed by atoms with Crippen LogP contribution in [-0.4, -0.2) is 33.2 Å². The second-order valence-electron chi connectivity index (χ2n) is 5.85. The number of carboxylic acids is 1. The van der Waals surface area contributed by atoms with Crippen LogP contribution < -0.4 is 0 Å². The molecule has 3 rings (SSSR count). The van der Waals surface area contributed by atoms with Crippen LogP contribution >= 0.6 is 23.4 Å². The number of thioether (sulfide) groups is 1. The van der Waals surface area contributed by atoms with Crippen molar-refractivity contribution in [2.75, 3.05) is 0 Å². The van der Waals surface area contributed by atoms with Crippen LogP contribution in [0, 0.1) is 0 Å². The number of carbonyl (C=O) groups excluding carboxylic acids is 2. The van der Waals surface area contributed by atoms with E-state index in [2.05, 4.69) is 0 Å². The van der Waals surface area contributed by atoms with Crippen molar-refractivity contribution in [3.8, 4) is 11.3 Å². The molecule has 0 atom stereocenters.